The molecule has 22 heavy (non-hydrogen) atoms. The van der Waals surface area contributed by atoms with Crippen LogP contribution in [0.4, 0.5) is 0 Å². The van der Waals surface area contributed by atoms with Gasteiger partial charge in [-0.05, 0) is 32.6 Å². The predicted octanol–water partition coefficient (Wildman–Crippen LogP) is 0.241. The van der Waals surface area contributed by atoms with Crippen LogP contribution in [0.3, 0.4) is 0 Å². The number of rotatable bonds is 5. The van der Waals surface area contributed by atoms with Crippen molar-refractivity contribution in [3.63, 3.8) is 0 Å². The summed E-state index contributed by atoms with van der Waals surface area (Å²) in [6, 6.07) is 0. The standard InChI is InChI=1S/C12H21N3O5S2/c1-9-12(10(2)20-14-9)22(18,19)13-8-11-4-6-15(7-5-11)21(3,16)17/h11,13H,4-8H2,1-3H3. The number of aromatic nitrogens is 1. The van der Waals surface area contributed by atoms with E-state index in [1.54, 1.807) is 13.8 Å². The zero-order valence-corrected chi connectivity index (χ0v) is 14.5. The summed E-state index contributed by atoms with van der Waals surface area (Å²) >= 11 is 0. The highest BCUT2D eigenvalue weighted by atomic mass is 32.2. The average molecular weight is 351 g/mol. The van der Waals surface area contributed by atoms with Crippen molar-refractivity contribution in [1.29, 1.82) is 0 Å². The molecule has 0 aliphatic carbocycles. The van der Waals surface area contributed by atoms with Crippen molar-refractivity contribution in [3.8, 4) is 0 Å². The SMILES string of the molecule is Cc1noc(C)c1S(=O)(=O)NCC1CCN(S(C)(=O)=O)CC1. The summed E-state index contributed by atoms with van der Waals surface area (Å²) in [5.74, 6) is 0.380. The first kappa shape index (κ1) is 17.4. The van der Waals surface area contributed by atoms with E-state index in [0.29, 0.717) is 31.6 Å². The lowest BCUT2D eigenvalue weighted by Crippen LogP contribution is -2.41. The van der Waals surface area contributed by atoms with Gasteiger partial charge in [0.05, 0.1) is 6.26 Å². The van der Waals surface area contributed by atoms with Gasteiger partial charge in [0.2, 0.25) is 20.0 Å². The first-order chi connectivity index (χ1) is 10.1. The molecule has 0 bridgehead atoms. The van der Waals surface area contributed by atoms with E-state index in [-0.39, 0.29) is 23.1 Å². The summed E-state index contributed by atoms with van der Waals surface area (Å²) < 4.78 is 56.3. The van der Waals surface area contributed by atoms with Crippen LogP contribution >= 0.6 is 0 Å². The minimum atomic E-state index is -3.66. The van der Waals surface area contributed by atoms with Gasteiger partial charge in [-0.3, -0.25) is 0 Å². The predicted molar refractivity (Wildman–Crippen MR) is 80.3 cm³/mol. The van der Waals surface area contributed by atoms with Crippen molar-refractivity contribution in [2.24, 2.45) is 5.92 Å². The van der Waals surface area contributed by atoms with Crippen LogP contribution in [0.5, 0.6) is 0 Å². The van der Waals surface area contributed by atoms with Gasteiger partial charge in [-0.2, -0.15) is 0 Å². The van der Waals surface area contributed by atoms with Gasteiger partial charge in [0.1, 0.15) is 10.6 Å². The van der Waals surface area contributed by atoms with Crippen molar-refractivity contribution in [3.05, 3.63) is 11.5 Å². The minimum Gasteiger partial charge on any atom is -0.360 e. The van der Waals surface area contributed by atoms with Crippen LogP contribution in [0.15, 0.2) is 9.42 Å². The number of nitrogens with one attached hydrogen (secondary N) is 1. The zero-order chi connectivity index (χ0) is 16.5. The molecule has 1 aliphatic heterocycles. The molecule has 0 amide bonds. The second-order valence-corrected chi connectivity index (χ2v) is 9.30. The Labute approximate surface area is 131 Å². The summed E-state index contributed by atoms with van der Waals surface area (Å²) in [4.78, 5) is 0.0843. The van der Waals surface area contributed by atoms with Crippen LogP contribution in [0.2, 0.25) is 0 Å². The Hall–Kier alpha value is -0.970. The fourth-order valence-electron chi connectivity index (χ4n) is 2.60. The third kappa shape index (κ3) is 3.86. The number of piperidine rings is 1. The summed E-state index contributed by atoms with van der Waals surface area (Å²) in [7, 11) is -6.82. The van der Waals surface area contributed by atoms with Crippen molar-refractivity contribution in [1.82, 2.24) is 14.2 Å². The van der Waals surface area contributed by atoms with E-state index in [9.17, 15) is 16.8 Å². The van der Waals surface area contributed by atoms with E-state index in [4.69, 9.17) is 4.52 Å². The average Bonchev–Trinajstić information content (AvgIpc) is 2.76. The van der Waals surface area contributed by atoms with Gasteiger partial charge >= 0.3 is 0 Å². The van der Waals surface area contributed by atoms with Gasteiger partial charge < -0.3 is 4.52 Å². The highest BCUT2D eigenvalue weighted by Gasteiger charge is 2.28. The largest absolute Gasteiger partial charge is 0.360 e. The molecule has 0 aromatic carbocycles. The Morgan fingerprint density at radius 1 is 1.23 bits per heavy atom. The lowest BCUT2D eigenvalue weighted by Gasteiger charge is -2.30. The molecule has 8 nitrogen and oxygen atoms in total. The van der Waals surface area contributed by atoms with Crippen LogP contribution in [0.1, 0.15) is 24.3 Å². The number of aryl methyl sites for hydroxylation is 2. The molecule has 1 aromatic heterocycles. The quantitative estimate of drug-likeness (QED) is 0.814. The smallest absolute Gasteiger partial charge is 0.245 e. The fourth-order valence-corrected chi connectivity index (χ4v) is 4.92. The van der Waals surface area contributed by atoms with Crippen molar-refractivity contribution in [2.45, 2.75) is 31.6 Å². The van der Waals surface area contributed by atoms with Gasteiger partial charge in [0.15, 0.2) is 5.76 Å². The molecule has 1 aliphatic rings. The summed E-state index contributed by atoms with van der Waals surface area (Å²) in [6.07, 6.45) is 2.46. The highest BCUT2D eigenvalue weighted by molar-refractivity contribution is 7.89. The lowest BCUT2D eigenvalue weighted by molar-refractivity contribution is 0.275. The first-order valence-electron chi connectivity index (χ1n) is 6.99. The number of hydrogen-bond acceptors (Lipinski definition) is 6. The van der Waals surface area contributed by atoms with E-state index in [1.807, 2.05) is 0 Å². The molecule has 1 aromatic rings. The maximum Gasteiger partial charge on any atom is 0.245 e. The zero-order valence-electron chi connectivity index (χ0n) is 12.9. The maximum atomic E-state index is 12.3. The molecule has 0 spiro atoms. The van der Waals surface area contributed by atoms with Crippen LogP contribution in [-0.4, -0.2) is 52.2 Å². The van der Waals surface area contributed by atoms with Gasteiger partial charge in [0.25, 0.3) is 0 Å². The molecule has 0 atom stereocenters. The fraction of sp³-hybridized carbons (Fsp3) is 0.750. The highest BCUT2D eigenvalue weighted by Crippen LogP contribution is 2.21. The third-order valence-electron chi connectivity index (χ3n) is 3.84. The number of sulfonamides is 2. The molecule has 0 radical (unpaired) electrons. The van der Waals surface area contributed by atoms with Gasteiger partial charge in [-0.1, -0.05) is 5.16 Å². The molecule has 2 heterocycles. The van der Waals surface area contributed by atoms with E-state index in [2.05, 4.69) is 9.88 Å². The number of nitrogens with zero attached hydrogens (tertiary/aromatic N) is 2. The Morgan fingerprint density at radius 2 is 1.82 bits per heavy atom. The Kier molecular flexibility index (Phi) is 4.95. The Morgan fingerprint density at radius 3 is 2.27 bits per heavy atom. The van der Waals surface area contributed by atoms with Crippen LogP contribution in [0.25, 0.3) is 0 Å². The molecule has 2 rings (SSSR count). The molecular formula is C12H21N3O5S2. The lowest BCUT2D eigenvalue weighted by atomic mass is 9.99. The van der Waals surface area contributed by atoms with E-state index in [0.717, 1.165) is 0 Å². The van der Waals surface area contributed by atoms with Crippen molar-refractivity contribution < 1.29 is 21.4 Å². The molecule has 0 saturated carbocycles. The molecule has 10 heteroatoms. The summed E-state index contributed by atoms with van der Waals surface area (Å²) in [5, 5.41) is 3.65. The second-order valence-electron chi connectivity index (χ2n) is 5.61. The van der Waals surface area contributed by atoms with Crippen LogP contribution in [-0.2, 0) is 20.0 Å². The van der Waals surface area contributed by atoms with Crippen LogP contribution < -0.4 is 4.72 Å². The molecule has 1 N–H and O–H groups in total. The molecule has 126 valence electrons. The van der Waals surface area contributed by atoms with Crippen molar-refractivity contribution in [2.75, 3.05) is 25.9 Å². The maximum absolute atomic E-state index is 12.3. The molecular weight excluding hydrogens is 330 g/mol. The van der Waals surface area contributed by atoms with E-state index < -0.39 is 20.0 Å². The third-order valence-corrected chi connectivity index (χ3v) is 6.81. The van der Waals surface area contributed by atoms with Crippen molar-refractivity contribution >= 4 is 20.0 Å². The number of hydrogen-bond donors (Lipinski definition) is 1. The Bertz CT molecular complexity index is 711. The molecule has 0 unspecified atom stereocenters. The topological polar surface area (TPSA) is 110 Å². The second kappa shape index (κ2) is 6.26. The summed E-state index contributed by atoms with van der Waals surface area (Å²) in [5.41, 5.74) is 0.330. The minimum absolute atomic E-state index is 0.0843. The van der Waals surface area contributed by atoms with E-state index in [1.165, 1.54) is 10.6 Å². The summed E-state index contributed by atoms with van der Waals surface area (Å²) in [6.45, 7) is 4.27. The monoisotopic (exact) mass is 351 g/mol. The molecule has 1 fully saturated rings. The normalized spacial score (nSPS) is 18.7. The van der Waals surface area contributed by atoms with Gasteiger partial charge in [0, 0.05) is 19.6 Å². The van der Waals surface area contributed by atoms with Crippen LogP contribution in [0, 0.1) is 19.8 Å². The molecule has 1 saturated heterocycles. The van der Waals surface area contributed by atoms with Gasteiger partial charge in [-0.15, -0.1) is 0 Å². The van der Waals surface area contributed by atoms with E-state index >= 15 is 0 Å². The van der Waals surface area contributed by atoms with Gasteiger partial charge in [-0.25, -0.2) is 25.9 Å². The first-order valence-corrected chi connectivity index (χ1v) is 10.3. The Balaban J connectivity index is 1.95.